The SMILES string of the molecule is NC(=O)[C@@H](CC(=O)[C@@H]1CSSC[C@H](CC(=O)[C@H](CCC(=O)O)NC(=O)CCC(NC(=O)CCCS(=O)(=O)NC(=O)CCCCCCCCCCCCCCCc2nn[nH]n2)C(=O)O)C(=O)C1)Cc1ccc(O)cc1.[HH].[HH].[HH]. The van der Waals surface area contributed by atoms with Gasteiger partial charge in [0.2, 0.25) is 33.7 Å². The number of carboxylic acids is 2. The third kappa shape index (κ3) is 27.2. The Morgan fingerprint density at radius 1 is 0.743 bits per heavy atom. The summed E-state index contributed by atoms with van der Waals surface area (Å²) in [6.07, 6.45) is 11.6. The van der Waals surface area contributed by atoms with Crippen molar-refractivity contribution in [3.8, 4) is 5.75 Å². The van der Waals surface area contributed by atoms with Crippen molar-refractivity contribution in [1.82, 2.24) is 36.0 Å². The Bertz CT molecular complexity index is 2250. The lowest BCUT2D eigenvalue weighted by atomic mass is 9.85. The summed E-state index contributed by atoms with van der Waals surface area (Å²) in [5.74, 6) is -8.99. The number of aromatic amines is 1. The lowest BCUT2D eigenvalue weighted by Gasteiger charge is -2.25. The molecule has 74 heavy (non-hydrogen) atoms. The number of benzene rings is 1. The number of aryl methyl sites for hydroxylation is 1. The summed E-state index contributed by atoms with van der Waals surface area (Å²) in [6.45, 7) is 0. The van der Waals surface area contributed by atoms with E-state index in [1.807, 2.05) is 4.72 Å². The monoisotopic (exact) mass is 1100 g/mol. The number of carbonyl (C=O) groups excluding carboxylic acids is 7. The second-order valence-corrected chi connectivity index (χ2v) is 23.3. The smallest absolute Gasteiger partial charge is 0.326 e. The highest BCUT2D eigenvalue weighted by Crippen LogP contribution is 2.34. The van der Waals surface area contributed by atoms with Gasteiger partial charge in [-0.3, -0.25) is 43.1 Å². The standard InChI is InChI=1S/C49H74N8O14S3.3H2/c50-48(67)34(27-33-18-20-37(58)21-19-33)28-40(59)35-29-41(60)36(32-73-72-31-35)30-42(61)38(23-25-47(65)66)51-45(63)24-22-39(49(68)69)52-44(62)17-14-26-74(70,71)55-46(64)16-13-11-9-7-5-3-1-2-4-6-8-10-12-15-43-53-56-57-54-43;;;/h18-21,34-36,38-39,58H,1-17,22-32H2,(H2,50,67)(H,51,63)(H,52,62)(H,55,64)(H,65,66)(H,68,69)(H,53,54,56,57);3*1H/t34-,35+,36+,38+,39?;;;/m1.../s1. The molecule has 418 valence electrons. The van der Waals surface area contributed by atoms with Gasteiger partial charge in [0, 0.05) is 84.9 Å². The molecule has 0 aliphatic carbocycles. The molecule has 1 aromatic heterocycles. The molecule has 0 radical (unpaired) electrons. The van der Waals surface area contributed by atoms with Crippen LogP contribution >= 0.6 is 21.6 Å². The van der Waals surface area contributed by atoms with Crippen molar-refractivity contribution in [2.45, 2.75) is 173 Å². The number of carbonyl (C=O) groups is 9. The molecule has 1 unspecified atom stereocenters. The molecule has 5 atom stereocenters. The molecule has 2 aromatic rings. The van der Waals surface area contributed by atoms with E-state index in [0.717, 1.165) is 57.2 Å². The molecule has 1 aliphatic heterocycles. The van der Waals surface area contributed by atoms with Crippen molar-refractivity contribution in [2.24, 2.45) is 23.5 Å². The largest absolute Gasteiger partial charge is 0.508 e. The summed E-state index contributed by atoms with van der Waals surface area (Å²) in [5, 5.41) is 47.3. The Kier molecular flexibility index (Phi) is 29.7. The number of hydrogen-bond acceptors (Lipinski definition) is 17. The number of carboxylic acid groups (broad SMARTS) is 2. The van der Waals surface area contributed by atoms with Crippen LogP contribution in [0, 0.1) is 17.8 Å². The quantitative estimate of drug-likeness (QED) is 0.0306. The Morgan fingerprint density at radius 3 is 1.91 bits per heavy atom. The number of hydrogen-bond donors (Lipinski definition) is 8. The number of nitrogens with two attached hydrogens (primary N) is 1. The summed E-state index contributed by atoms with van der Waals surface area (Å²) < 4.78 is 27.1. The lowest BCUT2D eigenvalue weighted by Crippen LogP contribution is -2.44. The van der Waals surface area contributed by atoms with Gasteiger partial charge in [-0.05, 0) is 56.2 Å². The molecule has 1 fully saturated rings. The molecule has 4 amide bonds. The first kappa shape index (κ1) is 62.9. The van der Waals surface area contributed by atoms with Gasteiger partial charge in [-0.2, -0.15) is 5.21 Å². The Balaban J connectivity index is 0.0000193. The van der Waals surface area contributed by atoms with Gasteiger partial charge in [-0.25, -0.2) is 13.2 Å². The van der Waals surface area contributed by atoms with Crippen LogP contribution in [0.15, 0.2) is 24.3 Å². The number of aromatic nitrogens is 4. The summed E-state index contributed by atoms with van der Waals surface area (Å²) in [7, 11) is -1.48. The maximum atomic E-state index is 13.6. The number of tetrazole rings is 1. The highest BCUT2D eigenvalue weighted by Gasteiger charge is 2.34. The number of aliphatic carboxylic acids is 2. The first-order valence-corrected chi connectivity index (χ1v) is 29.6. The van der Waals surface area contributed by atoms with Crippen LogP contribution in [0.1, 0.15) is 163 Å². The van der Waals surface area contributed by atoms with E-state index in [2.05, 4.69) is 31.3 Å². The molecule has 0 saturated carbocycles. The minimum atomic E-state index is -4.06. The van der Waals surface area contributed by atoms with Gasteiger partial charge in [0.05, 0.1) is 11.8 Å². The van der Waals surface area contributed by atoms with Crippen molar-refractivity contribution >= 4 is 84.5 Å². The summed E-state index contributed by atoms with van der Waals surface area (Å²) in [5.41, 5.74) is 6.29. The number of nitrogens with zero attached hydrogens (tertiary/aromatic N) is 3. The summed E-state index contributed by atoms with van der Waals surface area (Å²) >= 11 is 0. The maximum absolute atomic E-state index is 13.6. The number of sulfonamides is 1. The average molecular weight is 1100 g/mol. The van der Waals surface area contributed by atoms with Gasteiger partial charge >= 0.3 is 11.9 Å². The van der Waals surface area contributed by atoms with E-state index < -0.39 is 118 Å². The third-order valence-electron chi connectivity index (χ3n) is 12.6. The third-order valence-corrected chi connectivity index (χ3v) is 16.6. The molecule has 9 N–H and O–H groups in total. The predicted molar refractivity (Wildman–Crippen MR) is 283 cm³/mol. The first-order valence-electron chi connectivity index (χ1n) is 25.5. The number of Topliss-reactive ketones (excluding diaryl/α,β-unsaturated/α-hetero) is 3. The van der Waals surface area contributed by atoms with Crippen LogP contribution in [0.2, 0.25) is 0 Å². The fourth-order valence-electron chi connectivity index (χ4n) is 8.33. The molecule has 1 saturated heterocycles. The van der Waals surface area contributed by atoms with Crippen molar-refractivity contribution in [2.75, 3.05) is 17.3 Å². The minimum absolute atomic E-state index is 0. The van der Waals surface area contributed by atoms with Crippen molar-refractivity contribution in [3.05, 3.63) is 35.7 Å². The summed E-state index contributed by atoms with van der Waals surface area (Å²) in [4.78, 5) is 114. The predicted octanol–water partition coefficient (Wildman–Crippen LogP) is 5.42. The van der Waals surface area contributed by atoms with Crippen LogP contribution in [0.3, 0.4) is 0 Å². The minimum Gasteiger partial charge on any atom is -0.508 e. The second kappa shape index (κ2) is 34.9. The molecular weight excluding hydrogens is 1020 g/mol. The Morgan fingerprint density at radius 2 is 1.31 bits per heavy atom. The zero-order chi connectivity index (χ0) is 54.3. The zero-order valence-corrected chi connectivity index (χ0v) is 44.4. The van der Waals surface area contributed by atoms with E-state index in [0.29, 0.717) is 12.0 Å². The van der Waals surface area contributed by atoms with E-state index in [1.54, 1.807) is 12.1 Å². The molecule has 1 aromatic carbocycles. The fraction of sp³-hybridized carbons (Fsp3) is 0.673. The molecule has 25 heteroatoms. The molecule has 0 bridgehead atoms. The van der Waals surface area contributed by atoms with Crippen LogP contribution in [0.5, 0.6) is 5.75 Å². The first-order chi connectivity index (χ1) is 35.3. The van der Waals surface area contributed by atoms with E-state index >= 15 is 0 Å². The Hall–Kier alpha value is -5.43. The molecule has 1 aliphatic rings. The van der Waals surface area contributed by atoms with Crippen molar-refractivity contribution in [3.63, 3.8) is 0 Å². The topological polar surface area (TPSA) is 365 Å². The number of aromatic hydroxyl groups is 1. The van der Waals surface area contributed by atoms with Crippen LogP contribution in [0.25, 0.3) is 0 Å². The number of amides is 4. The Labute approximate surface area is 444 Å². The number of H-pyrrole nitrogens is 1. The molecule has 3 rings (SSSR count). The lowest BCUT2D eigenvalue weighted by molar-refractivity contribution is -0.142. The van der Waals surface area contributed by atoms with E-state index in [9.17, 15) is 66.9 Å². The van der Waals surface area contributed by atoms with Gasteiger partial charge in [0.15, 0.2) is 11.6 Å². The van der Waals surface area contributed by atoms with Gasteiger partial charge in [-0.15, -0.1) is 10.2 Å². The van der Waals surface area contributed by atoms with Crippen molar-refractivity contribution < 1.29 is 71.2 Å². The van der Waals surface area contributed by atoms with E-state index in [-0.39, 0.29) is 72.3 Å². The number of rotatable bonds is 39. The van der Waals surface area contributed by atoms with Gasteiger partial charge < -0.3 is 31.7 Å². The van der Waals surface area contributed by atoms with E-state index in [4.69, 9.17) is 5.73 Å². The highest BCUT2D eigenvalue weighted by atomic mass is 33.1. The zero-order valence-electron chi connectivity index (χ0n) is 42.0. The molecule has 22 nitrogen and oxygen atoms in total. The number of phenols is 1. The normalized spacial score (nSPS) is 16.2. The van der Waals surface area contributed by atoms with E-state index in [1.165, 1.54) is 65.8 Å². The molecular formula is C49H80N8O14S3. The van der Waals surface area contributed by atoms with Gasteiger partial charge in [-0.1, -0.05) is 110 Å². The maximum Gasteiger partial charge on any atom is 0.326 e. The summed E-state index contributed by atoms with van der Waals surface area (Å²) in [6, 6.07) is 3.16. The van der Waals surface area contributed by atoms with Gasteiger partial charge in [0.25, 0.3) is 0 Å². The highest BCUT2D eigenvalue weighted by molar-refractivity contribution is 8.76. The number of primary amides is 1. The van der Waals surface area contributed by atoms with Crippen LogP contribution < -0.4 is 21.1 Å². The number of unbranched alkanes of at least 4 members (excludes halogenated alkanes) is 12. The van der Waals surface area contributed by atoms with Crippen LogP contribution in [-0.4, -0.2) is 127 Å². The van der Waals surface area contributed by atoms with Gasteiger partial charge in [0.1, 0.15) is 23.4 Å². The molecule has 0 spiro atoms. The van der Waals surface area contributed by atoms with Crippen molar-refractivity contribution in [1.29, 1.82) is 0 Å². The molecule has 2 heterocycles. The number of phenolic OH excluding ortho intramolecular Hbond substituents is 1. The number of nitrogens with one attached hydrogen (secondary N) is 4. The fourth-order valence-corrected chi connectivity index (χ4v) is 12.1. The van der Waals surface area contributed by atoms with Crippen LogP contribution in [0.4, 0.5) is 0 Å². The second-order valence-electron chi connectivity index (χ2n) is 18.9. The number of ketones is 3. The van der Waals surface area contributed by atoms with Crippen LogP contribution in [-0.2, 0) is 66.0 Å². The average Bonchev–Trinajstić information content (AvgIpc) is 3.86.